The summed E-state index contributed by atoms with van der Waals surface area (Å²) in [5.41, 5.74) is 25.6. The number of hydrogen-bond donors (Lipinski definition) is 0. The van der Waals surface area contributed by atoms with Gasteiger partial charge in [-0.25, -0.2) is 0 Å². The largest absolute Gasteiger partial charge is 0.314 e. The summed E-state index contributed by atoms with van der Waals surface area (Å²) in [6.07, 6.45) is 28.7. The highest BCUT2D eigenvalue weighted by Gasteiger charge is 2.53. The first-order valence-corrected chi connectivity index (χ1v) is 29.2. The zero-order chi connectivity index (χ0) is 54.1. The number of allylic oxidation sites excluding steroid dienone is 14. The van der Waals surface area contributed by atoms with Crippen molar-refractivity contribution < 1.29 is 0 Å². The Balaban J connectivity index is 0.000000191. The van der Waals surface area contributed by atoms with E-state index in [1.807, 2.05) is 13.8 Å². The maximum atomic E-state index is 2.54. The Morgan fingerprint density at radius 2 is 1.08 bits per heavy atom. The smallest absolute Gasteiger partial charge is 0.0689 e. The van der Waals surface area contributed by atoms with Crippen LogP contribution in [0.3, 0.4) is 0 Å². The number of rotatable bonds is 7. The van der Waals surface area contributed by atoms with Crippen molar-refractivity contribution >= 4 is 28.1 Å². The van der Waals surface area contributed by atoms with Crippen molar-refractivity contribution in [3.05, 3.63) is 317 Å². The van der Waals surface area contributed by atoms with Crippen molar-refractivity contribution in [3.8, 4) is 22.3 Å². The fourth-order valence-electron chi connectivity index (χ4n) is 12.8. The summed E-state index contributed by atoms with van der Waals surface area (Å²) in [6.45, 7) is 10.8. The Morgan fingerprint density at radius 3 is 1.71 bits per heavy atom. The molecule has 1 heteroatoms. The van der Waals surface area contributed by atoms with Crippen LogP contribution in [-0.4, -0.2) is 0 Å². The van der Waals surface area contributed by atoms with E-state index in [9.17, 15) is 0 Å². The monoisotopic (exact) mass is 1030 g/mol. The van der Waals surface area contributed by atoms with Crippen LogP contribution in [-0.2, 0) is 5.41 Å². The van der Waals surface area contributed by atoms with Crippen LogP contribution in [0, 0.1) is 18.8 Å². The molecule has 0 saturated carbocycles. The molecule has 392 valence electrons. The summed E-state index contributed by atoms with van der Waals surface area (Å²) in [5.74, 6) is 1.96. The predicted molar refractivity (Wildman–Crippen MR) is 339 cm³/mol. The summed E-state index contributed by atoms with van der Waals surface area (Å²) in [4.78, 5) is 2.52. The van der Waals surface area contributed by atoms with Crippen LogP contribution < -0.4 is 4.90 Å². The molecule has 1 spiro atoms. The quantitative estimate of drug-likeness (QED) is 0.154. The van der Waals surface area contributed by atoms with Crippen molar-refractivity contribution in [3.63, 3.8) is 0 Å². The van der Waals surface area contributed by atoms with E-state index in [0.29, 0.717) is 11.8 Å². The van der Waals surface area contributed by atoms with Crippen molar-refractivity contribution in [1.82, 2.24) is 0 Å². The molecule has 6 aliphatic carbocycles. The van der Waals surface area contributed by atoms with Crippen molar-refractivity contribution in [2.45, 2.75) is 90.9 Å². The fraction of sp³-hybridized carbons (Fsp3) is 0.205. The van der Waals surface area contributed by atoms with E-state index >= 15 is 0 Å². The molecule has 0 radical (unpaired) electrons. The first kappa shape index (κ1) is 52.8. The zero-order valence-electron chi connectivity index (χ0n) is 47.0. The van der Waals surface area contributed by atoms with Gasteiger partial charge in [-0.05, 0) is 178 Å². The van der Waals surface area contributed by atoms with Crippen molar-refractivity contribution in [1.29, 1.82) is 0 Å². The van der Waals surface area contributed by atoms with E-state index in [4.69, 9.17) is 0 Å². The van der Waals surface area contributed by atoms with Gasteiger partial charge in [0.2, 0.25) is 0 Å². The average Bonchev–Trinajstić information content (AvgIpc) is 3.78. The van der Waals surface area contributed by atoms with E-state index in [1.165, 1.54) is 114 Å². The molecular formula is C78H75N. The van der Waals surface area contributed by atoms with Crippen LogP contribution in [0.25, 0.3) is 39.0 Å². The van der Waals surface area contributed by atoms with E-state index in [-0.39, 0.29) is 5.41 Å². The molecule has 8 aromatic carbocycles. The van der Waals surface area contributed by atoms with Gasteiger partial charge in [0.15, 0.2) is 0 Å². The second-order valence-electron chi connectivity index (χ2n) is 22.0. The Labute approximate surface area is 472 Å². The van der Waals surface area contributed by atoms with Crippen LogP contribution in [0.4, 0.5) is 11.4 Å². The van der Waals surface area contributed by atoms with Crippen LogP contribution in [0.2, 0.25) is 0 Å². The minimum absolute atomic E-state index is 0.308. The molecule has 0 aromatic heterocycles. The SMILES string of the molecule is CC.CC1C=CC2=C(C1)C1(c3ccccc32)c2ccccc2-c2ccc(N(C3=CC=C(c4ccccc4)CC3)c3ccc(-c4ccccc4)cc3)cc21.CC1CC=C(c2ccccc2)CC1.Cc1ccc(C2C=CC=CC2)cc1. The normalized spacial score (nSPS) is 19.8. The number of aryl methyl sites for hydroxylation is 1. The molecule has 4 unspecified atom stereocenters. The van der Waals surface area contributed by atoms with Gasteiger partial charge < -0.3 is 4.90 Å². The van der Waals surface area contributed by atoms with Gasteiger partial charge in [0.05, 0.1) is 5.41 Å². The Bertz CT molecular complexity index is 3620. The summed E-state index contributed by atoms with van der Waals surface area (Å²) in [5, 5.41) is 0. The lowest BCUT2D eigenvalue weighted by Crippen LogP contribution is -2.29. The molecule has 0 aliphatic heterocycles. The lowest BCUT2D eigenvalue weighted by atomic mass is 9.67. The van der Waals surface area contributed by atoms with Crippen LogP contribution >= 0.6 is 0 Å². The molecule has 4 atom stereocenters. The molecule has 0 saturated heterocycles. The summed E-state index contributed by atoms with van der Waals surface area (Å²) >= 11 is 0. The van der Waals surface area contributed by atoms with Crippen LogP contribution in [0.15, 0.2) is 272 Å². The summed E-state index contributed by atoms with van der Waals surface area (Å²) < 4.78 is 0. The minimum atomic E-state index is -0.308. The van der Waals surface area contributed by atoms with Crippen LogP contribution in [0.5, 0.6) is 0 Å². The van der Waals surface area contributed by atoms with Gasteiger partial charge in [0.25, 0.3) is 0 Å². The average molecular weight is 1030 g/mol. The second kappa shape index (κ2) is 24.2. The second-order valence-corrected chi connectivity index (χ2v) is 22.0. The van der Waals surface area contributed by atoms with Crippen LogP contribution in [0.1, 0.15) is 123 Å². The third kappa shape index (κ3) is 10.8. The Kier molecular flexibility index (Phi) is 16.2. The van der Waals surface area contributed by atoms with Crippen molar-refractivity contribution in [2.24, 2.45) is 11.8 Å². The minimum Gasteiger partial charge on any atom is -0.314 e. The number of hydrogen-bond acceptors (Lipinski definition) is 1. The molecule has 0 heterocycles. The molecule has 0 fully saturated rings. The molecule has 14 rings (SSSR count). The molecule has 8 aromatic rings. The van der Waals surface area contributed by atoms with Gasteiger partial charge in [-0.3, -0.25) is 0 Å². The number of fused-ring (bicyclic) bond motifs is 9. The molecule has 1 nitrogen and oxygen atoms in total. The van der Waals surface area contributed by atoms with Gasteiger partial charge in [-0.1, -0.05) is 264 Å². The van der Waals surface area contributed by atoms with E-state index in [0.717, 1.165) is 31.6 Å². The number of anilines is 2. The summed E-state index contributed by atoms with van der Waals surface area (Å²) in [6, 6.07) is 75.9. The third-order valence-electron chi connectivity index (χ3n) is 16.9. The molecular weight excluding hydrogens is 951 g/mol. The first-order valence-electron chi connectivity index (χ1n) is 29.2. The fourth-order valence-corrected chi connectivity index (χ4v) is 12.8. The Morgan fingerprint density at radius 1 is 0.481 bits per heavy atom. The van der Waals surface area contributed by atoms with Gasteiger partial charge in [0, 0.05) is 23.0 Å². The maximum absolute atomic E-state index is 2.54. The molecule has 6 aliphatic rings. The molecule has 0 N–H and O–H groups in total. The van der Waals surface area contributed by atoms with Gasteiger partial charge in [-0.2, -0.15) is 0 Å². The van der Waals surface area contributed by atoms with Gasteiger partial charge in [-0.15, -0.1) is 0 Å². The number of benzene rings is 8. The Hall–Kier alpha value is -8.26. The topological polar surface area (TPSA) is 3.24 Å². The zero-order valence-corrected chi connectivity index (χ0v) is 47.0. The van der Waals surface area contributed by atoms with Crippen molar-refractivity contribution in [2.75, 3.05) is 4.90 Å². The standard InChI is InChI=1S/C50H39N.C13H16.C13H14.C2H6/c1-34-20-30-44-42-16-8-10-18-46(42)50(48(44)32-34)47-19-11-9-17-43(47)45-31-29-41(33-49(45)50)51(39-25-21-37(22-26-39)35-12-4-2-5-13-35)40-27-23-38(24-28-40)36-14-6-3-7-15-36;2*1-11-7-9-13(10-8-11)12-5-3-2-4-6-12;1-2/h2-23,25-27,29-31,33-34H,24,28,32H2,1H3;2-6,9,11H,7-8,10H2,1H3;2-5,7-10,12H,6H2,1H3;1-2H3. The number of nitrogens with zero attached hydrogens (tertiary/aromatic N) is 1. The lowest BCUT2D eigenvalue weighted by molar-refractivity contribution is 0.534. The highest BCUT2D eigenvalue weighted by molar-refractivity contribution is 5.98. The highest BCUT2D eigenvalue weighted by atomic mass is 15.1. The van der Waals surface area contributed by atoms with E-state index in [1.54, 1.807) is 11.1 Å². The molecule has 0 amide bonds. The maximum Gasteiger partial charge on any atom is 0.0689 e. The third-order valence-corrected chi connectivity index (χ3v) is 16.9. The van der Waals surface area contributed by atoms with Gasteiger partial charge in [0.1, 0.15) is 0 Å². The van der Waals surface area contributed by atoms with E-state index in [2.05, 4.69) is 287 Å². The highest BCUT2D eigenvalue weighted by Crippen LogP contribution is 2.64. The van der Waals surface area contributed by atoms with E-state index < -0.39 is 0 Å². The first-order chi connectivity index (χ1) is 38.9. The summed E-state index contributed by atoms with van der Waals surface area (Å²) in [7, 11) is 0. The van der Waals surface area contributed by atoms with Gasteiger partial charge >= 0.3 is 0 Å². The lowest BCUT2D eigenvalue weighted by Gasteiger charge is -2.36. The predicted octanol–water partition coefficient (Wildman–Crippen LogP) is 21.4. The molecule has 79 heavy (non-hydrogen) atoms. The molecule has 0 bridgehead atoms.